The monoisotopic (exact) mass is 377 g/mol. The van der Waals surface area contributed by atoms with Gasteiger partial charge >= 0.3 is 0 Å². The van der Waals surface area contributed by atoms with Crippen LogP contribution in [0.2, 0.25) is 10.0 Å². The lowest BCUT2D eigenvalue weighted by atomic mass is 10.1. The molecule has 25 heavy (non-hydrogen) atoms. The Hall–Kier alpha value is -2.11. The van der Waals surface area contributed by atoms with Crippen LogP contribution in [0.15, 0.2) is 36.5 Å². The lowest BCUT2D eigenvalue weighted by Gasteiger charge is -2.24. The van der Waals surface area contributed by atoms with Gasteiger partial charge in [0.2, 0.25) is 5.91 Å². The van der Waals surface area contributed by atoms with Gasteiger partial charge in [-0.2, -0.15) is 0 Å². The zero-order valence-electron chi connectivity index (χ0n) is 13.6. The molecule has 0 aliphatic carbocycles. The van der Waals surface area contributed by atoms with Gasteiger partial charge in [-0.25, -0.2) is 4.98 Å². The van der Waals surface area contributed by atoms with Crippen LogP contribution < -0.4 is 5.32 Å². The van der Waals surface area contributed by atoms with Gasteiger partial charge < -0.3 is 10.2 Å². The van der Waals surface area contributed by atoms with Crippen LogP contribution in [-0.2, 0) is 4.79 Å². The zero-order chi connectivity index (χ0) is 18.0. The van der Waals surface area contributed by atoms with Crippen LogP contribution in [0.3, 0.4) is 0 Å². The summed E-state index contributed by atoms with van der Waals surface area (Å²) in [6.45, 7) is 2.45. The second-order valence-electron chi connectivity index (χ2n) is 5.99. The third-order valence-electron chi connectivity index (χ3n) is 4.15. The zero-order valence-corrected chi connectivity index (χ0v) is 15.1. The molecule has 130 valence electrons. The molecule has 0 unspecified atom stereocenters. The number of aromatic nitrogens is 1. The summed E-state index contributed by atoms with van der Waals surface area (Å²) in [6, 6.07) is 7.85. The number of halogens is 2. The fourth-order valence-electron chi connectivity index (χ4n) is 2.89. The maximum atomic E-state index is 12.8. The van der Waals surface area contributed by atoms with Crippen LogP contribution in [-0.4, -0.2) is 34.3 Å². The molecule has 5 nitrogen and oxygen atoms in total. The van der Waals surface area contributed by atoms with E-state index < -0.39 is 6.04 Å². The van der Waals surface area contributed by atoms with Gasteiger partial charge in [0.15, 0.2) is 0 Å². The molecule has 2 amide bonds. The standard InChI is InChI=1S/C18H17Cl2N3O2/c1-11-6-7-21-16(9-11)22-17(24)15-3-2-8-23(15)18(25)12-4-5-13(19)14(20)10-12/h4-7,9-10,15H,2-3,8H2,1H3,(H,21,22,24)/t15-/m0/s1. The first kappa shape index (κ1) is 17.7. The smallest absolute Gasteiger partial charge is 0.254 e. The van der Waals surface area contributed by atoms with E-state index in [1.54, 1.807) is 29.3 Å². The molecule has 2 heterocycles. The first-order valence-electron chi connectivity index (χ1n) is 7.95. The Balaban J connectivity index is 1.76. The van der Waals surface area contributed by atoms with Crippen molar-refractivity contribution in [1.82, 2.24) is 9.88 Å². The van der Waals surface area contributed by atoms with Crippen LogP contribution in [0.5, 0.6) is 0 Å². The Morgan fingerprint density at radius 2 is 2.00 bits per heavy atom. The fraction of sp³-hybridized carbons (Fsp3) is 0.278. The fourth-order valence-corrected chi connectivity index (χ4v) is 3.19. The van der Waals surface area contributed by atoms with Gasteiger partial charge in [-0.05, 0) is 55.7 Å². The highest BCUT2D eigenvalue weighted by Crippen LogP contribution is 2.26. The number of carbonyl (C=O) groups is 2. The molecular formula is C18H17Cl2N3O2. The number of amides is 2. The Labute approximate surface area is 155 Å². The Kier molecular flexibility index (Phi) is 5.25. The van der Waals surface area contributed by atoms with E-state index in [-0.39, 0.29) is 11.8 Å². The van der Waals surface area contributed by atoms with Gasteiger partial charge in [-0.3, -0.25) is 9.59 Å². The van der Waals surface area contributed by atoms with E-state index >= 15 is 0 Å². The molecule has 7 heteroatoms. The predicted molar refractivity (Wildman–Crippen MR) is 98.1 cm³/mol. The van der Waals surface area contributed by atoms with Crippen LogP contribution >= 0.6 is 23.2 Å². The number of hydrogen-bond acceptors (Lipinski definition) is 3. The molecule has 0 saturated carbocycles. The second-order valence-corrected chi connectivity index (χ2v) is 6.81. The van der Waals surface area contributed by atoms with E-state index in [0.717, 1.165) is 12.0 Å². The third kappa shape index (κ3) is 3.94. The first-order chi connectivity index (χ1) is 12.0. The molecule has 1 aliphatic rings. The van der Waals surface area contributed by atoms with E-state index in [1.165, 1.54) is 6.07 Å². The first-order valence-corrected chi connectivity index (χ1v) is 8.71. The number of rotatable bonds is 3. The molecule has 0 bridgehead atoms. The average Bonchev–Trinajstić information content (AvgIpc) is 3.06. The Morgan fingerprint density at radius 1 is 1.20 bits per heavy atom. The quantitative estimate of drug-likeness (QED) is 0.880. The predicted octanol–water partition coefficient (Wildman–Crippen LogP) is 3.94. The van der Waals surface area contributed by atoms with Crippen molar-refractivity contribution >= 4 is 40.8 Å². The number of benzene rings is 1. The van der Waals surface area contributed by atoms with Crippen molar-refractivity contribution in [3.05, 3.63) is 57.7 Å². The molecule has 2 aromatic rings. The van der Waals surface area contributed by atoms with Crippen molar-refractivity contribution in [2.75, 3.05) is 11.9 Å². The number of nitrogens with one attached hydrogen (secondary N) is 1. The largest absolute Gasteiger partial charge is 0.327 e. The number of nitrogens with zero attached hydrogens (tertiary/aromatic N) is 2. The van der Waals surface area contributed by atoms with Crippen molar-refractivity contribution in [1.29, 1.82) is 0 Å². The molecule has 3 rings (SSSR count). The summed E-state index contributed by atoms with van der Waals surface area (Å²) in [5.74, 6) is 0.0243. The van der Waals surface area contributed by atoms with E-state index in [0.29, 0.717) is 34.4 Å². The second kappa shape index (κ2) is 7.42. The van der Waals surface area contributed by atoms with Crippen molar-refractivity contribution in [3.8, 4) is 0 Å². The van der Waals surface area contributed by atoms with Gasteiger partial charge in [0, 0.05) is 18.3 Å². The maximum Gasteiger partial charge on any atom is 0.254 e. The SMILES string of the molecule is Cc1ccnc(NC(=O)[C@@H]2CCCN2C(=O)c2ccc(Cl)c(Cl)c2)c1. The Bertz CT molecular complexity index is 826. The minimum atomic E-state index is -0.524. The highest BCUT2D eigenvalue weighted by atomic mass is 35.5. The molecule has 0 spiro atoms. The van der Waals surface area contributed by atoms with E-state index in [9.17, 15) is 9.59 Å². The number of carbonyl (C=O) groups excluding carboxylic acids is 2. The summed E-state index contributed by atoms with van der Waals surface area (Å²) < 4.78 is 0. The van der Waals surface area contributed by atoms with Crippen LogP contribution in [0.1, 0.15) is 28.8 Å². The molecule has 1 atom stereocenters. The van der Waals surface area contributed by atoms with Crippen LogP contribution in [0, 0.1) is 6.92 Å². The summed E-state index contributed by atoms with van der Waals surface area (Å²) in [5, 5.41) is 3.50. The lowest BCUT2D eigenvalue weighted by Crippen LogP contribution is -2.43. The number of aryl methyl sites for hydroxylation is 1. The molecular weight excluding hydrogens is 361 g/mol. The van der Waals surface area contributed by atoms with Crippen molar-refractivity contribution < 1.29 is 9.59 Å². The molecule has 0 radical (unpaired) electrons. The molecule has 1 aromatic heterocycles. The summed E-state index contributed by atoms with van der Waals surface area (Å²) in [6.07, 6.45) is 3.02. The van der Waals surface area contributed by atoms with E-state index in [2.05, 4.69) is 10.3 Å². The number of pyridine rings is 1. The Morgan fingerprint density at radius 3 is 2.72 bits per heavy atom. The third-order valence-corrected chi connectivity index (χ3v) is 4.89. The summed E-state index contributed by atoms with van der Waals surface area (Å²) >= 11 is 11.9. The van der Waals surface area contributed by atoms with Gasteiger partial charge in [0.1, 0.15) is 11.9 Å². The van der Waals surface area contributed by atoms with E-state index in [1.807, 2.05) is 13.0 Å². The maximum absolute atomic E-state index is 12.8. The van der Waals surface area contributed by atoms with Crippen LogP contribution in [0.4, 0.5) is 5.82 Å². The molecule has 1 N–H and O–H groups in total. The summed E-state index contributed by atoms with van der Waals surface area (Å²) in [5.41, 5.74) is 1.42. The van der Waals surface area contributed by atoms with Gasteiger partial charge in [-0.1, -0.05) is 23.2 Å². The topological polar surface area (TPSA) is 62.3 Å². The minimum absolute atomic E-state index is 0.228. The highest BCUT2D eigenvalue weighted by molar-refractivity contribution is 6.42. The molecule has 1 fully saturated rings. The minimum Gasteiger partial charge on any atom is -0.327 e. The van der Waals surface area contributed by atoms with Crippen molar-refractivity contribution in [2.24, 2.45) is 0 Å². The van der Waals surface area contributed by atoms with Crippen molar-refractivity contribution in [2.45, 2.75) is 25.8 Å². The summed E-state index contributed by atoms with van der Waals surface area (Å²) in [7, 11) is 0. The van der Waals surface area contributed by atoms with Gasteiger partial charge in [0.05, 0.1) is 10.0 Å². The van der Waals surface area contributed by atoms with Crippen molar-refractivity contribution in [3.63, 3.8) is 0 Å². The normalized spacial score (nSPS) is 16.8. The van der Waals surface area contributed by atoms with Crippen LogP contribution in [0.25, 0.3) is 0 Å². The molecule has 1 aliphatic heterocycles. The molecule has 1 aromatic carbocycles. The van der Waals surface area contributed by atoms with Gasteiger partial charge in [-0.15, -0.1) is 0 Å². The van der Waals surface area contributed by atoms with E-state index in [4.69, 9.17) is 23.2 Å². The van der Waals surface area contributed by atoms with Gasteiger partial charge in [0.25, 0.3) is 5.91 Å². The number of anilines is 1. The molecule has 1 saturated heterocycles. The average molecular weight is 378 g/mol. The summed E-state index contributed by atoms with van der Waals surface area (Å²) in [4.78, 5) is 31.1. The number of hydrogen-bond donors (Lipinski definition) is 1. The lowest BCUT2D eigenvalue weighted by molar-refractivity contribution is -0.119. The number of likely N-dealkylation sites (tertiary alicyclic amines) is 1. The highest BCUT2D eigenvalue weighted by Gasteiger charge is 2.34.